The average Bonchev–Trinajstić information content (AvgIpc) is 2.78. The van der Waals surface area contributed by atoms with E-state index in [1.807, 2.05) is 54.6 Å². The number of hydrogen-bond donors (Lipinski definition) is 0. The molecule has 0 spiro atoms. The van der Waals surface area contributed by atoms with Crippen molar-refractivity contribution in [3.63, 3.8) is 0 Å². The summed E-state index contributed by atoms with van der Waals surface area (Å²) in [7, 11) is 0. The summed E-state index contributed by atoms with van der Waals surface area (Å²) >= 11 is 5.99. The highest BCUT2D eigenvalue weighted by Gasteiger charge is 2.21. The van der Waals surface area contributed by atoms with Crippen LogP contribution in [0.15, 0.2) is 78.9 Å². The van der Waals surface area contributed by atoms with E-state index >= 15 is 0 Å². The standard InChI is InChI=1S/C25H24ClNO3/c1-2-30-24(28)13-8-18-27(25(29)20-14-16-21(26)17-15-20)23-12-7-6-11-22(23)19-9-4-3-5-10-19/h3-7,9-12,14-17H,2,8,13,18H2,1H3. The van der Waals surface area contributed by atoms with E-state index < -0.39 is 0 Å². The van der Waals surface area contributed by atoms with Gasteiger partial charge in [0, 0.05) is 29.1 Å². The van der Waals surface area contributed by atoms with E-state index in [-0.39, 0.29) is 18.3 Å². The van der Waals surface area contributed by atoms with Crippen molar-refractivity contribution in [1.82, 2.24) is 0 Å². The first-order chi connectivity index (χ1) is 14.6. The zero-order valence-corrected chi connectivity index (χ0v) is 17.6. The fourth-order valence-electron chi connectivity index (χ4n) is 3.27. The van der Waals surface area contributed by atoms with Crippen molar-refractivity contribution in [2.45, 2.75) is 19.8 Å². The first-order valence-corrected chi connectivity index (χ1v) is 10.4. The van der Waals surface area contributed by atoms with Crippen LogP contribution in [0.4, 0.5) is 5.69 Å². The van der Waals surface area contributed by atoms with Crippen LogP contribution in [0, 0.1) is 0 Å². The second kappa shape index (κ2) is 10.6. The number of carbonyl (C=O) groups is 2. The molecule has 3 aromatic carbocycles. The fraction of sp³-hybridized carbons (Fsp3) is 0.200. The van der Waals surface area contributed by atoms with E-state index in [2.05, 4.69) is 0 Å². The van der Waals surface area contributed by atoms with Crippen molar-refractivity contribution < 1.29 is 14.3 Å². The summed E-state index contributed by atoms with van der Waals surface area (Å²) in [6.07, 6.45) is 0.757. The molecular weight excluding hydrogens is 398 g/mol. The van der Waals surface area contributed by atoms with E-state index in [9.17, 15) is 9.59 Å². The Labute approximate surface area is 182 Å². The van der Waals surface area contributed by atoms with Crippen LogP contribution in [-0.4, -0.2) is 25.0 Å². The van der Waals surface area contributed by atoms with Gasteiger partial charge in [0.25, 0.3) is 5.91 Å². The molecule has 30 heavy (non-hydrogen) atoms. The number of nitrogens with zero attached hydrogens (tertiary/aromatic N) is 1. The average molecular weight is 422 g/mol. The molecule has 0 atom stereocenters. The van der Waals surface area contributed by atoms with E-state index in [0.717, 1.165) is 16.8 Å². The third-order valence-electron chi connectivity index (χ3n) is 4.68. The molecule has 0 saturated heterocycles. The summed E-state index contributed by atoms with van der Waals surface area (Å²) in [5.74, 6) is -0.397. The number of para-hydroxylation sites is 1. The van der Waals surface area contributed by atoms with Crippen LogP contribution in [-0.2, 0) is 9.53 Å². The number of anilines is 1. The van der Waals surface area contributed by atoms with Crippen LogP contribution < -0.4 is 4.90 Å². The highest BCUT2D eigenvalue weighted by Crippen LogP contribution is 2.32. The van der Waals surface area contributed by atoms with Gasteiger partial charge in [-0.2, -0.15) is 0 Å². The number of rotatable bonds is 8. The zero-order valence-electron chi connectivity index (χ0n) is 16.9. The maximum Gasteiger partial charge on any atom is 0.305 e. The maximum absolute atomic E-state index is 13.4. The molecule has 0 radical (unpaired) electrons. The molecular formula is C25H24ClNO3. The molecule has 0 aromatic heterocycles. The lowest BCUT2D eigenvalue weighted by molar-refractivity contribution is -0.143. The van der Waals surface area contributed by atoms with Crippen LogP contribution >= 0.6 is 11.6 Å². The Bertz CT molecular complexity index is 987. The van der Waals surface area contributed by atoms with Crippen molar-refractivity contribution in [2.75, 3.05) is 18.1 Å². The molecule has 154 valence electrons. The van der Waals surface area contributed by atoms with Gasteiger partial charge in [0.15, 0.2) is 0 Å². The summed E-state index contributed by atoms with van der Waals surface area (Å²) in [4.78, 5) is 26.9. The van der Waals surface area contributed by atoms with Crippen molar-refractivity contribution >= 4 is 29.2 Å². The van der Waals surface area contributed by atoms with Crippen molar-refractivity contribution in [1.29, 1.82) is 0 Å². The lowest BCUT2D eigenvalue weighted by Crippen LogP contribution is -2.32. The maximum atomic E-state index is 13.4. The normalized spacial score (nSPS) is 10.5. The Kier molecular flexibility index (Phi) is 7.63. The predicted octanol–water partition coefficient (Wildman–Crippen LogP) is 6.00. The largest absolute Gasteiger partial charge is 0.466 e. The second-order valence-corrected chi connectivity index (χ2v) is 7.19. The minimum Gasteiger partial charge on any atom is -0.466 e. The second-order valence-electron chi connectivity index (χ2n) is 6.76. The Hall–Kier alpha value is -3.11. The van der Waals surface area contributed by atoms with Gasteiger partial charge in [0.05, 0.1) is 12.3 Å². The number of halogens is 1. The number of ether oxygens (including phenoxy) is 1. The van der Waals surface area contributed by atoms with Crippen LogP contribution in [0.3, 0.4) is 0 Å². The fourth-order valence-corrected chi connectivity index (χ4v) is 3.39. The van der Waals surface area contributed by atoms with Crippen LogP contribution in [0.25, 0.3) is 11.1 Å². The molecule has 0 saturated carbocycles. The molecule has 0 aliphatic heterocycles. The molecule has 0 fully saturated rings. The van der Waals surface area contributed by atoms with Crippen LogP contribution in [0.2, 0.25) is 5.02 Å². The molecule has 0 N–H and O–H groups in total. The Morgan fingerprint density at radius 1 is 0.900 bits per heavy atom. The van der Waals surface area contributed by atoms with Crippen molar-refractivity contribution in [3.8, 4) is 11.1 Å². The number of amides is 1. The Morgan fingerprint density at radius 2 is 1.57 bits per heavy atom. The molecule has 3 rings (SSSR count). The molecule has 3 aromatic rings. The highest BCUT2D eigenvalue weighted by atomic mass is 35.5. The molecule has 0 bridgehead atoms. The topological polar surface area (TPSA) is 46.6 Å². The van der Waals surface area contributed by atoms with Gasteiger partial charge in [-0.15, -0.1) is 0 Å². The molecule has 0 aliphatic rings. The lowest BCUT2D eigenvalue weighted by atomic mass is 10.0. The van der Waals surface area contributed by atoms with Gasteiger partial charge in [-0.05, 0) is 49.2 Å². The SMILES string of the molecule is CCOC(=O)CCCN(C(=O)c1ccc(Cl)cc1)c1ccccc1-c1ccccc1. The van der Waals surface area contributed by atoms with Gasteiger partial charge in [-0.3, -0.25) is 9.59 Å². The van der Waals surface area contributed by atoms with Crippen LogP contribution in [0.1, 0.15) is 30.1 Å². The first-order valence-electron chi connectivity index (χ1n) is 9.97. The summed E-state index contributed by atoms with van der Waals surface area (Å²) in [5, 5.41) is 0.574. The quantitative estimate of drug-likeness (QED) is 0.419. The third kappa shape index (κ3) is 5.49. The summed E-state index contributed by atoms with van der Waals surface area (Å²) < 4.78 is 5.02. The van der Waals surface area contributed by atoms with Gasteiger partial charge in [0.2, 0.25) is 0 Å². The van der Waals surface area contributed by atoms with E-state index in [1.165, 1.54) is 0 Å². The number of benzene rings is 3. The highest BCUT2D eigenvalue weighted by molar-refractivity contribution is 6.30. The van der Waals surface area contributed by atoms with E-state index in [0.29, 0.717) is 30.2 Å². The number of carbonyl (C=O) groups excluding carboxylic acids is 2. The molecule has 0 aliphatic carbocycles. The van der Waals surface area contributed by atoms with Crippen molar-refractivity contribution in [2.24, 2.45) is 0 Å². The van der Waals surface area contributed by atoms with Crippen molar-refractivity contribution in [3.05, 3.63) is 89.4 Å². The first kappa shape index (κ1) is 21.6. The monoisotopic (exact) mass is 421 g/mol. The lowest BCUT2D eigenvalue weighted by Gasteiger charge is -2.25. The predicted molar refractivity (Wildman–Crippen MR) is 121 cm³/mol. The molecule has 0 heterocycles. The van der Waals surface area contributed by atoms with Crippen LogP contribution in [0.5, 0.6) is 0 Å². The summed E-state index contributed by atoms with van der Waals surface area (Å²) in [6.45, 7) is 2.53. The Balaban J connectivity index is 1.94. The Morgan fingerprint density at radius 3 is 2.27 bits per heavy atom. The van der Waals surface area contributed by atoms with Gasteiger partial charge in [-0.1, -0.05) is 60.1 Å². The van der Waals surface area contributed by atoms with Gasteiger partial charge >= 0.3 is 5.97 Å². The molecule has 0 unspecified atom stereocenters. The van der Waals surface area contributed by atoms with E-state index in [1.54, 1.807) is 36.1 Å². The third-order valence-corrected chi connectivity index (χ3v) is 4.94. The van der Waals surface area contributed by atoms with Gasteiger partial charge in [0.1, 0.15) is 0 Å². The minimum atomic E-state index is -0.257. The smallest absolute Gasteiger partial charge is 0.305 e. The van der Waals surface area contributed by atoms with Gasteiger partial charge in [-0.25, -0.2) is 0 Å². The zero-order chi connectivity index (χ0) is 21.3. The number of esters is 1. The number of hydrogen-bond acceptors (Lipinski definition) is 3. The summed E-state index contributed by atoms with van der Waals surface area (Å²) in [5.41, 5.74) is 3.31. The van der Waals surface area contributed by atoms with E-state index in [4.69, 9.17) is 16.3 Å². The minimum absolute atomic E-state index is 0.140. The molecule has 4 nitrogen and oxygen atoms in total. The molecule has 1 amide bonds. The molecule has 5 heteroatoms. The summed E-state index contributed by atoms with van der Waals surface area (Å²) in [6, 6.07) is 24.6. The van der Waals surface area contributed by atoms with Gasteiger partial charge < -0.3 is 9.64 Å².